The van der Waals surface area contributed by atoms with Gasteiger partial charge in [-0.05, 0) is 37.5 Å². The van der Waals surface area contributed by atoms with Crippen LogP contribution in [-0.4, -0.2) is 23.0 Å². The van der Waals surface area contributed by atoms with Crippen molar-refractivity contribution < 1.29 is 13.2 Å². The highest BCUT2D eigenvalue weighted by atomic mass is 32.2. The van der Waals surface area contributed by atoms with Crippen LogP contribution < -0.4 is 16.6 Å². The Balaban J connectivity index is 2.88. The quantitative estimate of drug-likeness (QED) is 0.556. The number of hydrazine groups is 1. The molecule has 1 atom stereocenters. The zero-order chi connectivity index (χ0) is 14.5. The van der Waals surface area contributed by atoms with E-state index in [1.807, 2.05) is 13.2 Å². The van der Waals surface area contributed by atoms with E-state index in [-0.39, 0.29) is 17.7 Å². The number of alkyl halides is 3. The van der Waals surface area contributed by atoms with Crippen LogP contribution in [0.3, 0.4) is 0 Å². The standard InChI is InChI=1S/C11H17F3N4S/c1-7(3-4-19-2)16-9-5-8(11(12,13)14)6-10(17-9)18-15/h5-7H,3-4,15H2,1-2H3,(H2,16,17,18). The van der Waals surface area contributed by atoms with Gasteiger partial charge in [-0.3, -0.25) is 0 Å². The van der Waals surface area contributed by atoms with Crippen LogP contribution in [0, 0.1) is 0 Å². The summed E-state index contributed by atoms with van der Waals surface area (Å²) < 4.78 is 38.1. The van der Waals surface area contributed by atoms with Crippen LogP contribution in [0.25, 0.3) is 0 Å². The number of anilines is 2. The molecule has 0 spiro atoms. The number of nitrogen functional groups attached to an aromatic ring is 1. The Hall–Kier alpha value is -1.15. The van der Waals surface area contributed by atoms with Gasteiger partial charge in [0.2, 0.25) is 0 Å². The number of thioether (sulfide) groups is 1. The molecule has 1 rings (SSSR count). The maximum Gasteiger partial charge on any atom is 0.416 e. The van der Waals surface area contributed by atoms with Gasteiger partial charge in [-0.25, -0.2) is 10.8 Å². The Kier molecular flexibility index (Phi) is 5.74. The Morgan fingerprint density at radius 3 is 2.53 bits per heavy atom. The third-order valence-corrected chi connectivity index (χ3v) is 3.09. The van der Waals surface area contributed by atoms with Crippen molar-refractivity contribution in [2.75, 3.05) is 22.8 Å². The molecular formula is C11H17F3N4S. The second-order valence-electron chi connectivity index (χ2n) is 4.10. The predicted octanol–water partition coefficient (Wildman–Crippen LogP) is 2.94. The van der Waals surface area contributed by atoms with E-state index in [0.29, 0.717) is 0 Å². The minimum atomic E-state index is -4.42. The van der Waals surface area contributed by atoms with E-state index in [0.717, 1.165) is 24.3 Å². The molecule has 8 heteroatoms. The average Bonchev–Trinajstić information content (AvgIpc) is 2.34. The van der Waals surface area contributed by atoms with Gasteiger partial charge in [0.25, 0.3) is 0 Å². The molecule has 0 radical (unpaired) electrons. The second-order valence-corrected chi connectivity index (χ2v) is 5.08. The van der Waals surface area contributed by atoms with Crippen LogP contribution in [0.15, 0.2) is 12.1 Å². The van der Waals surface area contributed by atoms with Gasteiger partial charge in [-0.15, -0.1) is 0 Å². The number of nitrogens with zero attached hydrogens (tertiary/aromatic N) is 1. The van der Waals surface area contributed by atoms with Gasteiger partial charge >= 0.3 is 6.18 Å². The molecule has 1 aromatic heterocycles. The zero-order valence-electron chi connectivity index (χ0n) is 10.7. The van der Waals surface area contributed by atoms with E-state index < -0.39 is 11.7 Å². The maximum atomic E-state index is 12.7. The number of nitrogens with two attached hydrogens (primary N) is 1. The Morgan fingerprint density at radius 2 is 2.00 bits per heavy atom. The van der Waals surface area contributed by atoms with Gasteiger partial charge in [-0.1, -0.05) is 0 Å². The molecule has 0 aromatic carbocycles. The normalized spacial score (nSPS) is 13.2. The number of halogens is 3. The molecule has 0 bridgehead atoms. The van der Waals surface area contributed by atoms with Crippen LogP contribution in [0.1, 0.15) is 18.9 Å². The third kappa shape index (κ3) is 5.15. The molecule has 1 aromatic rings. The molecule has 0 aliphatic rings. The molecule has 0 fully saturated rings. The molecule has 4 nitrogen and oxygen atoms in total. The maximum absolute atomic E-state index is 12.7. The highest BCUT2D eigenvalue weighted by Crippen LogP contribution is 2.32. The first-order valence-electron chi connectivity index (χ1n) is 5.68. The molecule has 1 unspecified atom stereocenters. The van der Waals surface area contributed by atoms with E-state index in [4.69, 9.17) is 5.84 Å². The van der Waals surface area contributed by atoms with Crippen LogP contribution in [0.2, 0.25) is 0 Å². The molecule has 108 valence electrons. The molecule has 0 aliphatic heterocycles. The summed E-state index contributed by atoms with van der Waals surface area (Å²) in [6.07, 6.45) is -1.61. The zero-order valence-corrected chi connectivity index (χ0v) is 11.5. The second kappa shape index (κ2) is 6.85. The topological polar surface area (TPSA) is 63.0 Å². The minimum absolute atomic E-state index is 0.0191. The van der Waals surface area contributed by atoms with Crippen molar-refractivity contribution in [1.82, 2.24) is 4.98 Å². The fraction of sp³-hybridized carbons (Fsp3) is 0.545. The SMILES string of the molecule is CSCCC(C)Nc1cc(C(F)(F)F)cc(NN)n1. The summed E-state index contributed by atoms with van der Waals surface area (Å²) in [5, 5.41) is 2.94. The summed E-state index contributed by atoms with van der Waals surface area (Å²) in [5.74, 6) is 6.20. The van der Waals surface area contributed by atoms with Gasteiger partial charge in [-0.2, -0.15) is 24.9 Å². The largest absolute Gasteiger partial charge is 0.416 e. The summed E-state index contributed by atoms with van der Waals surface area (Å²) in [6.45, 7) is 1.90. The van der Waals surface area contributed by atoms with Crippen LogP contribution in [0.4, 0.5) is 24.8 Å². The third-order valence-electron chi connectivity index (χ3n) is 2.45. The first-order valence-corrected chi connectivity index (χ1v) is 7.07. The van der Waals surface area contributed by atoms with E-state index in [1.54, 1.807) is 11.8 Å². The molecular weight excluding hydrogens is 277 g/mol. The number of hydrogen-bond acceptors (Lipinski definition) is 5. The number of aromatic nitrogens is 1. The van der Waals surface area contributed by atoms with Gasteiger partial charge in [0.05, 0.1) is 5.56 Å². The van der Waals surface area contributed by atoms with Crippen molar-refractivity contribution in [3.63, 3.8) is 0 Å². The first kappa shape index (κ1) is 15.9. The van der Waals surface area contributed by atoms with Crippen molar-refractivity contribution in [3.05, 3.63) is 17.7 Å². The lowest BCUT2D eigenvalue weighted by atomic mass is 10.2. The van der Waals surface area contributed by atoms with Crippen LogP contribution in [-0.2, 0) is 6.18 Å². The number of nitrogens with one attached hydrogen (secondary N) is 2. The van der Waals surface area contributed by atoms with Crippen molar-refractivity contribution in [2.24, 2.45) is 5.84 Å². The first-order chi connectivity index (χ1) is 8.86. The monoisotopic (exact) mass is 294 g/mol. The van der Waals surface area contributed by atoms with Gasteiger partial charge < -0.3 is 10.7 Å². The van der Waals surface area contributed by atoms with Crippen molar-refractivity contribution in [1.29, 1.82) is 0 Å². The summed E-state index contributed by atoms with van der Waals surface area (Å²) in [7, 11) is 0. The molecule has 1 heterocycles. The lowest BCUT2D eigenvalue weighted by Crippen LogP contribution is -2.19. The van der Waals surface area contributed by atoms with Gasteiger partial charge in [0.1, 0.15) is 11.6 Å². The van der Waals surface area contributed by atoms with E-state index in [1.165, 1.54) is 0 Å². The summed E-state index contributed by atoms with van der Waals surface area (Å²) in [5.41, 5.74) is 1.36. The molecule has 0 aliphatic carbocycles. The highest BCUT2D eigenvalue weighted by molar-refractivity contribution is 7.98. The number of pyridine rings is 1. The summed E-state index contributed by atoms with van der Waals surface area (Å²) >= 11 is 1.68. The van der Waals surface area contributed by atoms with E-state index in [9.17, 15) is 13.2 Å². The van der Waals surface area contributed by atoms with E-state index in [2.05, 4.69) is 15.7 Å². The molecule has 0 saturated heterocycles. The lowest BCUT2D eigenvalue weighted by molar-refractivity contribution is -0.137. The number of hydrogen-bond donors (Lipinski definition) is 3. The van der Waals surface area contributed by atoms with Crippen molar-refractivity contribution in [2.45, 2.75) is 25.6 Å². The Morgan fingerprint density at radius 1 is 1.37 bits per heavy atom. The molecule has 4 N–H and O–H groups in total. The Labute approximate surface area is 114 Å². The van der Waals surface area contributed by atoms with E-state index >= 15 is 0 Å². The van der Waals surface area contributed by atoms with Crippen molar-refractivity contribution >= 4 is 23.4 Å². The molecule has 0 amide bonds. The minimum Gasteiger partial charge on any atom is -0.368 e. The molecule has 0 saturated carbocycles. The summed E-state index contributed by atoms with van der Waals surface area (Å²) in [6, 6.07) is 1.89. The van der Waals surface area contributed by atoms with Crippen LogP contribution in [0.5, 0.6) is 0 Å². The number of rotatable bonds is 6. The fourth-order valence-corrected chi connectivity index (χ4v) is 2.05. The van der Waals surface area contributed by atoms with Crippen LogP contribution >= 0.6 is 11.8 Å². The predicted molar refractivity (Wildman–Crippen MR) is 73.1 cm³/mol. The smallest absolute Gasteiger partial charge is 0.368 e. The highest BCUT2D eigenvalue weighted by Gasteiger charge is 2.31. The average molecular weight is 294 g/mol. The van der Waals surface area contributed by atoms with Gasteiger partial charge in [0, 0.05) is 6.04 Å². The van der Waals surface area contributed by atoms with Gasteiger partial charge in [0.15, 0.2) is 0 Å². The van der Waals surface area contributed by atoms with Crippen molar-refractivity contribution in [3.8, 4) is 0 Å². The lowest BCUT2D eigenvalue weighted by Gasteiger charge is -2.16. The fourth-order valence-electron chi connectivity index (χ4n) is 1.46. The molecule has 19 heavy (non-hydrogen) atoms. The Bertz CT molecular complexity index is 411. The summed E-state index contributed by atoms with van der Waals surface area (Å²) in [4.78, 5) is 3.96.